The lowest BCUT2D eigenvalue weighted by Gasteiger charge is -2.47. The third-order valence-electron chi connectivity index (χ3n) is 19.1. The Hall–Kier alpha value is -7.56. The molecular weight excluding hydrogens is 930 g/mol. The van der Waals surface area contributed by atoms with Gasteiger partial charge in [-0.25, -0.2) is 0 Å². The topological polar surface area (TPSA) is 9.72 Å². The molecule has 2 aliphatic heterocycles. The van der Waals surface area contributed by atoms with Gasteiger partial charge in [-0.15, -0.1) is 0 Å². The number of nitrogens with zero attached hydrogens (tertiary/aromatic N) is 3. The van der Waals surface area contributed by atoms with E-state index in [1.165, 1.54) is 112 Å². The Labute approximate surface area is 458 Å². The molecule has 2 heterocycles. The van der Waals surface area contributed by atoms with Gasteiger partial charge in [-0.2, -0.15) is 0 Å². The van der Waals surface area contributed by atoms with Crippen molar-refractivity contribution in [3.63, 3.8) is 0 Å². The van der Waals surface area contributed by atoms with Crippen LogP contribution < -0.4 is 31.1 Å². The van der Waals surface area contributed by atoms with E-state index in [1.807, 2.05) is 0 Å². The summed E-state index contributed by atoms with van der Waals surface area (Å²) in [5.74, 6) is 0. The summed E-state index contributed by atoms with van der Waals surface area (Å²) in [6, 6.07) is 72.3. The van der Waals surface area contributed by atoms with Crippen molar-refractivity contribution < 1.29 is 0 Å². The second-order valence-electron chi connectivity index (χ2n) is 26.4. The average Bonchev–Trinajstić information content (AvgIpc) is 4.04. The van der Waals surface area contributed by atoms with Crippen molar-refractivity contribution in [2.24, 2.45) is 0 Å². The lowest BCUT2D eigenvalue weighted by atomic mass is 9.33. The van der Waals surface area contributed by atoms with E-state index in [-0.39, 0.29) is 33.8 Å². The zero-order chi connectivity index (χ0) is 53.1. The largest absolute Gasteiger partial charge is 0.311 e. The average molecular weight is 1000 g/mol. The van der Waals surface area contributed by atoms with Crippen LogP contribution in [-0.4, -0.2) is 6.71 Å². The molecule has 0 unspecified atom stereocenters. The Morgan fingerprint density at radius 2 is 0.896 bits per heavy atom. The van der Waals surface area contributed by atoms with Crippen LogP contribution in [0.1, 0.15) is 127 Å². The summed E-state index contributed by atoms with van der Waals surface area (Å²) in [5, 5.41) is 0. The number of para-hydroxylation sites is 2. The molecule has 380 valence electrons. The molecule has 0 N–H and O–H groups in total. The van der Waals surface area contributed by atoms with Gasteiger partial charge < -0.3 is 14.7 Å². The first-order valence-corrected chi connectivity index (χ1v) is 28.3. The molecular formula is C73H70BN3. The van der Waals surface area contributed by atoms with E-state index in [0.29, 0.717) is 0 Å². The smallest absolute Gasteiger partial charge is 0.252 e. The van der Waals surface area contributed by atoms with E-state index in [1.54, 1.807) is 0 Å². The fraction of sp³-hybridized carbons (Fsp3) is 0.260. The normalized spacial score (nSPS) is 17.8. The van der Waals surface area contributed by atoms with Crippen molar-refractivity contribution in [2.45, 2.75) is 122 Å². The molecule has 14 rings (SSSR count). The third-order valence-corrected chi connectivity index (χ3v) is 19.1. The minimum atomic E-state index is -0.257. The van der Waals surface area contributed by atoms with E-state index in [9.17, 15) is 0 Å². The number of hydrogen-bond acceptors (Lipinski definition) is 3. The highest BCUT2D eigenvalue weighted by Gasteiger charge is 2.50. The summed E-state index contributed by atoms with van der Waals surface area (Å²) < 4.78 is 0. The molecule has 3 aliphatic carbocycles. The molecule has 0 saturated heterocycles. The van der Waals surface area contributed by atoms with Gasteiger partial charge in [-0.3, -0.25) is 0 Å². The van der Waals surface area contributed by atoms with Crippen LogP contribution in [0, 0.1) is 6.92 Å². The fourth-order valence-electron chi connectivity index (χ4n) is 15.5. The maximum atomic E-state index is 2.75. The molecule has 0 radical (unpaired) electrons. The summed E-state index contributed by atoms with van der Waals surface area (Å²) in [7, 11) is 0. The summed E-state index contributed by atoms with van der Waals surface area (Å²) in [5.41, 5.74) is 29.8. The summed E-state index contributed by atoms with van der Waals surface area (Å²) in [6.45, 7) is 27.0. The fourth-order valence-corrected chi connectivity index (χ4v) is 15.5. The molecule has 0 bridgehead atoms. The standard InChI is InChI=1S/C73H70BN3/c1-46-38-65-68-66(39-46)77(62-43-57-55(69(2,3)36-37-70(57,4)5)41-53(62)47-24-15-12-16-25-47)64-44-58-56(71(6,7)45-72(58,8)9)42-60(64)74(68)59-35-34-50(75(48-26-17-13-18-27-48)49-28-19-14-20-29-49)40-63(59)76(65)61-33-23-31-52-51-30-21-22-32-54(51)73(10,11)67(52)61/h12-35,38-44H,36-37,45H2,1-11H3. The van der Waals surface area contributed by atoms with Gasteiger partial charge in [-0.05, 0) is 193 Å². The Morgan fingerprint density at radius 3 is 1.55 bits per heavy atom. The molecule has 0 spiro atoms. The van der Waals surface area contributed by atoms with Crippen LogP contribution in [0.5, 0.6) is 0 Å². The van der Waals surface area contributed by atoms with Crippen LogP contribution in [0.2, 0.25) is 0 Å². The monoisotopic (exact) mass is 1000 g/mol. The Balaban J connectivity index is 1.12. The van der Waals surface area contributed by atoms with Crippen LogP contribution >= 0.6 is 0 Å². The molecule has 5 aliphatic rings. The number of hydrogen-bond donors (Lipinski definition) is 0. The second kappa shape index (κ2) is 16.5. The summed E-state index contributed by atoms with van der Waals surface area (Å²) in [4.78, 5) is 7.88. The van der Waals surface area contributed by atoms with Crippen molar-refractivity contribution in [2.75, 3.05) is 14.7 Å². The van der Waals surface area contributed by atoms with Gasteiger partial charge in [0, 0.05) is 50.8 Å². The SMILES string of the molecule is Cc1cc2c3c(c1)N(c1cccc4c1C(C)(C)c1ccccc1-4)c1cc(N(c4ccccc4)c4ccccc4)ccc1B3c1cc3c(cc1N2c1cc2c(cc1-c1ccccc1)C(C)(C)CCC2(C)C)C(C)(C)CC3(C)C. The number of anilines is 9. The van der Waals surface area contributed by atoms with Crippen LogP contribution in [0.3, 0.4) is 0 Å². The molecule has 9 aromatic carbocycles. The predicted octanol–water partition coefficient (Wildman–Crippen LogP) is 17.8. The molecule has 0 fully saturated rings. The number of benzene rings is 9. The predicted molar refractivity (Wildman–Crippen MR) is 329 cm³/mol. The van der Waals surface area contributed by atoms with Crippen LogP contribution in [-0.2, 0) is 27.1 Å². The van der Waals surface area contributed by atoms with Gasteiger partial charge in [0.25, 0.3) is 6.71 Å². The molecule has 9 aromatic rings. The van der Waals surface area contributed by atoms with Gasteiger partial charge >= 0.3 is 0 Å². The summed E-state index contributed by atoms with van der Waals surface area (Å²) in [6.07, 6.45) is 3.40. The van der Waals surface area contributed by atoms with Gasteiger partial charge in [0.2, 0.25) is 0 Å². The van der Waals surface area contributed by atoms with E-state index < -0.39 is 0 Å². The van der Waals surface area contributed by atoms with Crippen molar-refractivity contribution >= 4 is 74.3 Å². The highest BCUT2D eigenvalue weighted by Crippen LogP contribution is 2.58. The van der Waals surface area contributed by atoms with Crippen LogP contribution in [0.25, 0.3) is 22.3 Å². The molecule has 0 atom stereocenters. The molecule has 77 heavy (non-hydrogen) atoms. The number of aryl methyl sites for hydroxylation is 1. The van der Waals surface area contributed by atoms with Crippen molar-refractivity contribution in [3.05, 3.63) is 227 Å². The lowest BCUT2D eigenvalue weighted by molar-refractivity contribution is 0.332. The van der Waals surface area contributed by atoms with Gasteiger partial charge in [-0.1, -0.05) is 184 Å². The first kappa shape index (κ1) is 47.9. The molecule has 4 heteroatoms. The van der Waals surface area contributed by atoms with E-state index in [2.05, 4.69) is 279 Å². The lowest BCUT2D eigenvalue weighted by Crippen LogP contribution is -2.61. The van der Waals surface area contributed by atoms with Crippen LogP contribution in [0.15, 0.2) is 188 Å². The molecule has 0 amide bonds. The molecule has 0 aromatic heterocycles. The number of rotatable bonds is 6. The first-order chi connectivity index (χ1) is 36.8. The second-order valence-corrected chi connectivity index (χ2v) is 26.4. The van der Waals surface area contributed by atoms with Gasteiger partial charge in [0.1, 0.15) is 0 Å². The van der Waals surface area contributed by atoms with Crippen molar-refractivity contribution in [1.82, 2.24) is 0 Å². The van der Waals surface area contributed by atoms with E-state index >= 15 is 0 Å². The quantitative estimate of drug-likeness (QED) is 0.154. The molecule has 0 saturated carbocycles. The zero-order valence-corrected chi connectivity index (χ0v) is 46.9. The van der Waals surface area contributed by atoms with Crippen molar-refractivity contribution in [3.8, 4) is 22.3 Å². The highest BCUT2D eigenvalue weighted by atomic mass is 15.2. The molecule has 3 nitrogen and oxygen atoms in total. The van der Waals surface area contributed by atoms with Gasteiger partial charge in [0.15, 0.2) is 0 Å². The minimum absolute atomic E-state index is 0.00383. The minimum Gasteiger partial charge on any atom is -0.311 e. The third kappa shape index (κ3) is 7.02. The zero-order valence-electron chi connectivity index (χ0n) is 46.9. The Bertz CT molecular complexity index is 3860. The van der Waals surface area contributed by atoms with Crippen molar-refractivity contribution in [1.29, 1.82) is 0 Å². The maximum Gasteiger partial charge on any atom is 0.252 e. The van der Waals surface area contributed by atoms with Gasteiger partial charge in [0.05, 0.1) is 11.4 Å². The summed E-state index contributed by atoms with van der Waals surface area (Å²) >= 11 is 0. The van der Waals surface area contributed by atoms with Crippen LogP contribution in [0.4, 0.5) is 51.2 Å². The Kier molecular flexibility index (Phi) is 10.2. The van der Waals surface area contributed by atoms with E-state index in [0.717, 1.165) is 36.3 Å². The van der Waals surface area contributed by atoms with E-state index in [4.69, 9.17) is 0 Å². The number of fused-ring (bicyclic) bond motifs is 9. The Morgan fingerprint density at radius 1 is 0.377 bits per heavy atom. The maximum absolute atomic E-state index is 2.75. The first-order valence-electron chi connectivity index (χ1n) is 28.3. The highest BCUT2D eigenvalue weighted by molar-refractivity contribution is 7.00.